The molecule has 1 aromatic carbocycles. The number of nitrogens with zero attached hydrogens (tertiary/aromatic N) is 1. The van der Waals surface area contributed by atoms with E-state index < -0.39 is 18.5 Å². The molecule has 0 fully saturated rings. The number of halogens is 2. The Morgan fingerprint density at radius 1 is 1.19 bits per heavy atom. The summed E-state index contributed by atoms with van der Waals surface area (Å²) in [5, 5.41) is 2.96. The molecule has 0 spiro atoms. The van der Waals surface area contributed by atoms with E-state index >= 15 is 0 Å². The normalized spacial score (nSPS) is 9.90. The van der Waals surface area contributed by atoms with Crippen LogP contribution >= 0.6 is 23.2 Å². The van der Waals surface area contributed by atoms with Crippen molar-refractivity contribution in [2.24, 2.45) is 0 Å². The summed E-state index contributed by atoms with van der Waals surface area (Å²) >= 11 is 11.5. The van der Waals surface area contributed by atoms with Crippen molar-refractivity contribution in [1.29, 1.82) is 0 Å². The summed E-state index contributed by atoms with van der Waals surface area (Å²) in [7, 11) is 2.89. The summed E-state index contributed by atoms with van der Waals surface area (Å²) in [5.74, 6) is -1.54. The van der Waals surface area contributed by atoms with E-state index in [0.717, 1.165) is 4.90 Å². The fraction of sp³-hybridized carbons (Fsp3) is 0.308. The van der Waals surface area contributed by atoms with Crippen LogP contribution in [0.5, 0.6) is 0 Å². The molecule has 1 N–H and O–H groups in total. The number of nitrogens with one attached hydrogen (secondary N) is 1. The van der Waals surface area contributed by atoms with Gasteiger partial charge in [0, 0.05) is 24.1 Å². The molecule has 8 heteroatoms. The molecule has 0 atom stereocenters. The van der Waals surface area contributed by atoms with E-state index in [1.54, 1.807) is 0 Å². The SMILES string of the molecule is CNC(=O)CN(C)C(=O)COC(=O)c1cc(Cl)cc(Cl)c1. The number of ether oxygens (including phenoxy) is 1. The average Bonchev–Trinajstić information content (AvgIpc) is 2.42. The molecule has 0 aliphatic rings. The van der Waals surface area contributed by atoms with Gasteiger partial charge in [0.1, 0.15) is 0 Å². The van der Waals surface area contributed by atoms with Crippen LogP contribution in [0.15, 0.2) is 18.2 Å². The summed E-state index contributed by atoms with van der Waals surface area (Å²) < 4.78 is 4.86. The number of carbonyl (C=O) groups is 3. The molecule has 0 bridgehead atoms. The van der Waals surface area contributed by atoms with Crippen LogP contribution in [0.25, 0.3) is 0 Å². The quantitative estimate of drug-likeness (QED) is 0.826. The lowest BCUT2D eigenvalue weighted by molar-refractivity contribution is -0.137. The Labute approximate surface area is 132 Å². The van der Waals surface area contributed by atoms with Gasteiger partial charge in [-0.3, -0.25) is 9.59 Å². The first-order chi connectivity index (χ1) is 9.83. The third-order valence-corrected chi connectivity index (χ3v) is 2.95. The predicted octanol–water partition coefficient (Wildman–Crippen LogP) is 1.35. The molecule has 0 unspecified atom stereocenters. The highest BCUT2D eigenvalue weighted by molar-refractivity contribution is 6.35. The highest BCUT2D eigenvalue weighted by atomic mass is 35.5. The van der Waals surface area contributed by atoms with E-state index in [1.807, 2.05) is 0 Å². The largest absolute Gasteiger partial charge is 0.452 e. The number of esters is 1. The van der Waals surface area contributed by atoms with Gasteiger partial charge in [0.2, 0.25) is 5.91 Å². The molecule has 0 saturated carbocycles. The predicted molar refractivity (Wildman–Crippen MR) is 78.4 cm³/mol. The van der Waals surface area contributed by atoms with Gasteiger partial charge in [0.15, 0.2) is 6.61 Å². The van der Waals surface area contributed by atoms with E-state index in [2.05, 4.69) is 5.32 Å². The highest BCUT2D eigenvalue weighted by Crippen LogP contribution is 2.19. The molecule has 1 rings (SSSR count). The number of benzene rings is 1. The average molecular weight is 333 g/mol. The van der Waals surface area contributed by atoms with Gasteiger partial charge in [0.05, 0.1) is 12.1 Å². The third-order valence-electron chi connectivity index (χ3n) is 2.51. The topological polar surface area (TPSA) is 75.7 Å². The molecule has 0 saturated heterocycles. The Morgan fingerprint density at radius 2 is 1.76 bits per heavy atom. The van der Waals surface area contributed by atoms with Crippen molar-refractivity contribution < 1.29 is 19.1 Å². The molecule has 0 heterocycles. The lowest BCUT2D eigenvalue weighted by atomic mass is 10.2. The number of hydrogen-bond acceptors (Lipinski definition) is 4. The highest BCUT2D eigenvalue weighted by Gasteiger charge is 2.16. The van der Waals surface area contributed by atoms with Crippen LogP contribution in [0.2, 0.25) is 10.0 Å². The molecule has 0 aromatic heterocycles. The van der Waals surface area contributed by atoms with Crippen LogP contribution in [0, 0.1) is 0 Å². The molecule has 6 nitrogen and oxygen atoms in total. The maximum absolute atomic E-state index is 11.8. The zero-order chi connectivity index (χ0) is 16.0. The van der Waals surface area contributed by atoms with Gasteiger partial charge in [-0.25, -0.2) is 4.79 Å². The lowest BCUT2D eigenvalue weighted by Crippen LogP contribution is -2.39. The molecule has 0 radical (unpaired) electrons. The Kier molecular flexibility index (Phi) is 6.45. The van der Waals surface area contributed by atoms with Gasteiger partial charge >= 0.3 is 5.97 Å². The van der Waals surface area contributed by atoms with Gasteiger partial charge in [0.25, 0.3) is 5.91 Å². The Balaban J connectivity index is 2.56. The minimum atomic E-state index is -0.721. The Bertz CT molecular complexity index is 543. The van der Waals surface area contributed by atoms with Crippen molar-refractivity contribution in [2.45, 2.75) is 0 Å². The van der Waals surface area contributed by atoms with E-state index in [-0.39, 0.29) is 28.1 Å². The fourth-order valence-electron chi connectivity index (χ4n) is 1.38. The van der Waals surface area contributed by atoms with Gasteiger partial charge in [-0.2, -0.15) is 0 Å². The first-order valence-corrected chi connectivity index (χ1v) is 6.67. The summed E-state index contributed by atoms with van der Waals surface area (Å²) in [4.78, 5) is 35.7. The molecule has 114 valence electrons. The zero-order valence-electron chi connectivity index (χ0n) is 11.5. The summed E-state index contributed by atoms with van der Waals surface area (Å²) in [6.07, 6.45) is 0. The van der Waals surface area contributed by atoms with Crippen LogP contribution in [0.4, 0.5) is 0 Å². The smallest absolute Gasteiger partial charge is 0.338 e. The van der Waals surface area contributed by atoms with Crippen molar-refractivity contribution in [1.82, 2.24) is 10.2 Å². The van der Waals surface area contributed by atoms with Gasteiger partial charge in [-0.15, -0.1) is 0 Å². The van der Waals surface area contributed by atoms with Crippen LogP contribution in [0.1, 0.15) is 10.4 Å². The van der Waals surface area contributed by atoms with Gasteiger partial charge in [-0.1, -0.05) is 23.2 Å². The minimum absolute atomic E-state index is 0.115. The Morgan fingerprint density at radius 3 is 2.29 bits per heavy atom. The molecular formula is C13H14Cl2N2O4. The number of rotatable bonds is 5. The van der Waals surface area contributed by atoms with E-state index in [0.29, 0.717) is 0 Å². The van der Waals surface area contributed by atoms with Crippen molar-refractivity contribution in [3.63, 3.8) is 0 Å². The Hall–Kier alpha value is -1.79. The second-order valence-electron chi connectivity index (χ2n) is 4.16. The van der Waals surface area contributed by atoms with Crippen molar-refractivity contribution in [2.75, 3.05) is 27.2 Å². The van der Waals surface area contributed by atoms with E-state index in [4.69, 9.17) is 27.9 Å². The van der Waals surface area contributed by atoms with Gasteiger partial charge in [-0.05, 0) is 18.2 Å². The second-order valence-corrected chi connectivity index (χ2v) is 5.03. The third kappa shape index (κ3) is 5.61. The monoisotopic (exact) mass is 332 g/mol. The van der Waals surface area contributed by atoms with Crippen molar-refractivity contribution in [3.05, 3.63) is 33.8 Å². The zero-order valence-corrected chi connectivity index (χ0v) is 13.0. The first kappa shape index (κ1) is 17.3. The summed E-state index contributed by atoms with van der Waals surface area (Å²) in [6.45, 7) is -0.591. The minimum Gasteiger partial charge on any atom is -0.452 e. The molecule has 0 aliphatic heterocycles. The van der Waals surface area contributed by atoms with E-state index in [1.165, 1.54) is 32.3 Å². The summed E-state index contributed by atoms with van der Waals surface area (Å²) in [6, 6.07) is 4.24. The first-order valence-electron chi connectivity index (χ1n) is 5.91. The maximum Gasteiger partial charge on any atom is 0.338 e. The van der Waals surface area contributed by atoms with Gasteiger partial charge < -0.3 is 15.0 Å². The van der Waals surface area contributed by atoms with Crippen LogP contribution < -0.4 is 5.32 Å². The molecule has 0 aliphatic carbocycles. The fourth-order valence-corrected chi connectivity index (χ4v) is 1.90. The van der Waals surface area contributed by atoms with Crippen LogP contribution in [-0.4, -0.2) is 49.9 Å². The summed E-state index contributed by atoms with van der Waals surface area (Å²) in [5.41, 5.74) is 0.147. The number of carbonyl (C=O) groups excluding carboxylic acids is 3. The number of hydrogen-bond donors (Lipinski definition) is 1. The van der Waals surface area contributed by atoms with Crippen LogP contribution in [-0.2, 0) is 14.3 Å². The number of amides is 2. The van der Waals surface area contributed by atoms with E-state index in [9.17, 15) is 14.4 Å². The van der Waals surface area contributed by atoms with Crippen molar-refractivity contribution >= 4 is 41.0 Å². The number of likely N-dealkylation sites (N-methyl/N-ethyl adjacent to an activating group) is 2. The van der Waals surface area contributed by atoms with Crippen molar-refractivity contribution in [3.8, 4) is 0 Å². The van der Waals surface area contributed by atoms with Crippen LogP contribution in [0.3, 0.4) is 0 Å². The second kappa shape index (κ2) is 7.85. The maximum atomic E-state index is 11.8. The molecule has 1 aromatic rings. The molecule has 2 amide bonds. The standard InChI is InChI=1S/C13H14Cl2N2O4/c1-16-11(18)6-17(2)12(19)7-21-13(20)8-3-9(14)5-10(15)4-8/h3-5H,6-7H2,1-2H3,(H,16,18). The molecular weight excluding hydrogens is 319 g/mol. The lowest BCUT2D eigenvalue weighted by Gasteiger charge is -2.15. The molecule has 21 heavy (non-hydrogen) atoms.